The summed E-state index contributed by atoms with van der Waals surface area (Å²) in [5.74, 6) is 0. The van der Waals surface area contributed by atoms with E-state index >= 15 is 0 Å². The van der Waals surface area contributed by atoms with Crippen molar-refractivity contribution in [2.75, 3.05) is 6.26 Å². The van der Waals surface area contributed by atoms with Gasteiger partial charge in [-0.1, -0.05) is 6.92 Å². The van der Waals surface area contributed by atoms with E-state index in [9.17, 15) is 4.79 Å². The van der Waals surface area contributed by atoms with E-state index in [1.807, 2.05) is 6.92 Å². The summed E-state index contributed by atoms with van der Waals surface area (Å²) >= 11 is 3.53. The van der Waals surface area contributed by atoms with E-state index in [4.69, 9.17) is 0 Å². The lowest BCUT2D eigenvalue weighted by Crippen LogP contribution is -1.55. The summed E-state index contributed by atoms with van der Waals surface area (Å²) in [4.78, 5) is 9.17. The standard InChI is InChI=1S/C3H6O.CH4S/c1-2-3-4;1-2/h3H,2H2,1H3;2H,1H3. The fourth-order valence-corrected chi connectivity index (χ4v) is 0. The number of hydrogen-bond acceptors (Lipinski definition) is 2. The van der Waals surface area contributed by atoms with Crippen molar-refractivity contribution in [2.24, 2.45) is 0 Å². The molecule has 0 radical (unpaired) electrons. The molecule has 2 heteroatoms. The van der Waals surface area contributed by atoms with Gasteiger partial charge in [0.25, 0.3) is 0 Å². The lowest BCUT2D eigenvalue weighted by molar-refractivity contribution is -0.107. The molecule has 0 saturated carbocycles. The van der Waals surface area contributed by atoms with Crippen LogP contribution < -0.4 is 0 Å². The number of thiol groups is 1. The van der Waals surface area contributed by atoms with Crippen LogP contribution >= 0.6 is 12.6 Å². The summed E-state index contributed by atoms with van der Waals surface area (Å²) in [5, 5.41) is 0. The first-order valence-corrected chi connectivity index (χ1v) is 2.69. The van der Waals surface area contributed by atoms with Crippen LogP contribution in [0, 0.1) is 0 Å². The van der Waals surface area contributed by atoms with Gasteiger partial charge in [0.05, 0.1) is 0 Å². The van der Waals surface area contributed by atoms with Gasteiger partial charge < -0.3 is 4.79 Å². The molecule has 0 aliphatic heterocycles. The molecule has 0 aliphatic rings. The first kappa shape index (κ1) is 9.39. The van der Waals surface area contributed by atoms with Crippen LogP contribution in [0.4, 0.5) is 0 Å². The van der Waals surface area contributed by atoms with E-state index in [0.717, 1.165) is 6.29 Å². The third-order valence-corrected chi connectivity index (χ3v) is 0.167. The summed E-state index contributed by atoms with van der Waals surface area (Å²) in [6.45, 7) is 1.81. The van der Waals surface area contributed by atoms with Gasteiger partial charge in [0, 0.05) is 6.42 Å². The normalized spacial score (nSPS) is 5.17. The maximum absolute atomic E-state index is 9.17. The third kappa shape index (κ3) is 35.2. The van der Waals surface area contributed by atoms with Crippen LogP contribution in [0.2, 0.25) is 0 Å². The summed E-state index contributed by atoms with van der Waals surface area (Å²) in [7, 11) is 0. The van der Waals surface area contributed by atoms with Gasteiger partial charge in [-0.2, -0.15) is 12.6 Å². The van der Waals surface area contributed by atoms with Crippen LogP contribution in [0.3, 0.4) is 0 Å². The maximum Gasteiger partial charge on any atom is 0.119 e. The molecule has 0 unspecified atom stereocenters. The predicted molar refractivity (Wildman–Crippen MR) is 31.3 cm³/mol. The van der Waals surface area contributed by atoms with Crippen LogP contribution in [0.25, 0.3) is 0 Å². The van der Waals surface area contributed by atoms with Crippen LogP contribution in [0.1, 0.15) is 13.3 Å². The van der Waals surface area contributed by atoms with E-state index in [1.54, 1.807) is 6.26 Å². The Hall–Kier alpha value is 0.0200. The molecule has 0 aromatic rings. The van der Waals surface area contributed by atoms with E-state index in [2.05, 4.69) is 12.6 Å². The average Bonchev–Trinajstić information content (AvgIpc) is 1.72. The molecule has 0 bridgehead atoms. The molecular weight excluding hydrogens is 96.1 g/mol. The zero-order valence-corrected chi connectivity index (χ0v) is 5.03. The van der Waals surface area contributed by atoms with Gasteiger partial charge in [0.15, 0.2) is 0 Å². The highest BCUT2D eigenvalue weighted by Crippen LogP contribution is 1.53. The molecule has 0 saturated heterocycles. The summed E-state index contributed by atoms with van der Waals surface area (Å²) < 4.78 is 0. The molecular formula is C4H10OS. The minimum Gasteiger partial charge on any atom is -0.303 e. The minimum atomic E-state index is 0.639. The fraction of sp³-hybridized carbons (Fsp3) is 0.750. The first-order valence-electron chi connectivity index (χ1n) is 1.80. The zero-order chi connectivity index (χ0) is 5.41. The fourth-order valence-electron chi connectivity index (χ4n) is 0. The highest BCUT2D eigenvalue weighted by Gasteiger charge is 1.52. The maximum atomic E-state index is 9.17. The summed E-state index contributed by atoms with van der Waals surface area (Å²) in [5.41, 5.74) is 0. The second kappa shape index (κ2) is 19.9. The topological polar surface area (TPSA) is 17.1 Å². The largest absolute Gasteiger partial charge is 0.303 e. The van der Waals surface area contributed by atoms with Crippen LogP contribution in [0.5, 0.6) is 0 Å². The van der Waals surface area contributed by atoms with Crippen molar-refractivity contribution >= 4 is 18.9 Å². The molecule has 0 spiro atoms. The van der Waals surface area contributed by atoms with Crippen molar-refractivity contribution < 1.29 is 4.79 Å². The molecule has 0 fully saturated rings. The molecule has 1 nitrogen and oxygen atoms in total. The Kier molecular flexibility index (Phi) is 31.1. The van der Waals surface area contributed by atoms with E-state index in [1.165, 1.54) is 0 Å². The Morgan fingerprint density at radius 1 is 1.67 bits per heavy atom. The van der Waals surface area contributed by atoms with Crippen molar-refractivity contribution in [3.05, 3.63) is 0 Å². The number of carbonyl (C=O) groups excluding carboxylic acids is 1. The van der Waals surface area contributed by atoms with Crippen LogP contribution in [-0.4, -0.2) is 12.5 Å². The van der Waals surface area contributed by atoms with Crippen LogP contribution in [-0.2, 0) is 4.79 Å². The predicted octanol–water partition coefficient (Wildman–Crippen LogP) is 1.14. The third-order valence-electron chi connectivity index (χ3n) is 0.167. The van der Waals surface area contributed by atoms with Gasteiger partial charge in [-0.25, -0.2) is 0 Å². The van der Waals surface area contributed by atoms with Gasteiger partial charge >= 0.3 is 0 Å². The van der Waals surface area contributed by atoms with E-state index in [0.29, 0.717) is 6.42 Å². The Morgan fingerprint density at radius 3 is 1.83 bits per heavy atom. The Bertz CT molecular complexity index is 21.5. The van der Waals surface area contributed by atoms with Crippen molar-refractivity contribution in [1.29, 1.82) is 0 Å². The van der Waals surface area contributed by atoms with Gasteiger partial charge in [0.1, 0.15) is 6.29 Å². The Morgan fingerprint density at radius 2 is 1.83 bits per heavy atom. The molecule has 0 aromatic carbocycles. The van der Waals surface area contributed by atoms with Gasteiger partial charge in [0.2, 0.25) is 0 Å². The second-order valence-corrected chi connectivity index (χ2v) is 0.575. The number of rotatable bonds is 1. The monoisotopic (exact) mass is 106 g/mol. The average molecular weight is 106 g/mol. The van der Waals surface area contributed by atoms with Gasteiger partial charge in [-0.15, -0.1) is 0 Å². The number of carbonyl (C=O) groups is 1. The van der Waals surface area contributed by atoms with Crippen molar-refractivity contribution in [3.63, 3.8) is 0 Å². The molecule has 0 N–H and O–H groups in total. The lowest BCUT2D eigenvalue weighted by atomic mass is 10.6. The van der Waals surface area contributed by atoms with Crippen molar-refractivity contribution in [2.45, 2.75) is 13.3 Å². The molecule has 0 rings (SSSR count). The zero-order valence-electron chi connectivity index (χ0n) is 4.14. The Labute approximate surface area is 44.2 Å². The van der Waals surface area contributed by atoms with E-state index < -0.39 is 0 Å². The Balaban J connectivity index is 0. The first-order chi connectivity index (χ1) is 2.91. The van der Waals surface area contributed by atoms with E-state index in [-0.39, 0.29) is 0 Å². The van der Waals surface area contributed by atoms with Crippen molar-refractivity contribution in [1.82, 2.24) is 0 Å². The molecule has 6 heavy (non-hydrogen) atoms. The highest BCUT2D eigenvalue weighted by molar-refractivity contribution is 7.79. The van der Waals surface area contributed by atoms with Crippen molar-refractivity contribution in [3.8, 4) is 0 Å². The molecule has 0 aromatic heterocycles. The number of hydrogen-bond donors (Lipinski definition) is 1. The smallest absolute Gasteiger partial charge is 0.119 e. The SMILES string of the molecule is CCC=O.CS. The number of aldehydes is 1. The molecule has 0 aliphatic carbocycles. The molecule has 0 amide bonds. The van der Waals surface area contributed by atoms with Gasteiger partial charge in [-0.05, 0) is 6.26 Å². The van der Waals surface area contributed by atoms with Gasteiger partial charge in [-0.3, -0.25) is 0 Å². The molecule has 0 atom stereocenters. The second-order valence-electron chi connectivity index (χ2n) is 0.575. The summed E-state index contributed by atoms with van der Waals surface area (Å²) in [6.07, 6.45) is 3.21. The van der Waals surface area contributed by atoms with Crippen LogP contribution in [0.15, 0.2) is 0 Å². The minimum absolute atomic E-state index is 0.639. The molecule has 0 heterocycles. The highest BCUT2D eigenvalue weighted by atomic mass is 32.1. The summed E-state index contributed by atoms with van der Waals surface area (Å²) in [6, 6.07) is 0. The molecule has 38 valence electrons. The lowest BCUT2D eigenvalue weighted by Gasteiger charge is -1.51. The quantitative estimate of drug-likeness (QED) is 0.392.